The molecule has 0 saturated heterocycles. The molecule has 0 amide bonds. The Morgan fingerprint density at radius 1 is 0.667 bits per heavy atom. The van der Waals surface area contributed by atoms with Gasteiger partial charge in [0, 0.05) is 0 Å². The molecule has 0 atom stereocenters. The zero-order valence-electron chi connectivity index (χ0n) is 20.1. The molecule has 2 heteroatoms. The Bertz CT molecular complexity index is 1040. The average Bonchev–Trinajstić information content (AvgIpc) is 3.50. The Morgan fingerprint density at radius 2 is 1.06 bits per heavy atom. The van der Waals surface area contributed by atoms with Crippen molar-refractivity contribution in [2.24, 2.45) is 0 Å². The molecule has 0 aliphatic carbocycles. The van der Waals surface area contributed by atoms with Gasteiger partial charge in [0.15, 0.2) is 0 Å². The minimum absolute atomic E-state index is 0. The van der Waals surface area contributed by atoms with Gasteiger partial charge >= 0.3 is 26.2 Å². The molecule has 0 saturated carbocycles. The monoisotopic (exact) mass is 524 g/mol. The van der Waals surface area contributed by atoms with E-state index in [0.29, 0.717) is 0 Å². The van der Waals surface area contributed by atoms with E-state index in [1.807, 2.05) is 30.3 Å². The van der Waals surface area contributed by atoms with Crippen LogP contribution in [0.2, 0.25) is 0 Å². The van der Waals surface area contributed by atoms with E-state index in [1.165, 1.54) is 38.2 Å². The first-order chi connectivity index (χ1) is 15.7. The number of rotatable bonds is 3. The van der Waals surface area contributed by atoms with Crippen LogP contribution >= 0.6 is 0 Å². The third kappa shape index (κ3) is 9.32. The molecule has 5 rings (SSSR count). The Labute approximate surface area is 222 Å². The molecule has 33 heavy (non-hydrogen) atoms. The van der Waals surface area contributed by atoms with Gasteiger partial charge in [-0.25, -0.2) is 0 Å². The second-order valence-electron chi connectivity index (χ2n) is 7.23. The van der Waals surface area contributed by atoms with Gasteiger partial charge in [0.25, 0.3) is 0 Å². The zero-order valence-corrected chi connectivity index (χ0v) is 24.0. The van der Waals surface area contributed by atoms with Gasteiger partial charge in [-0.15, -0.1) is 93.3 Å². The maximum atomic E-state index is 3.25. The summed E-state index contributed by atoms with van der Waals surface area (Å²) in [5, 5.41) is 5.46. The topological polar surface area (TPSA) is 0 Å². The van der Waals surface area contributed by atoms with Crippen LogP contribution in [0.1, 0.15) is 37.5 Å². The van der Waals surface area contributed by atoms with E-state index in [4.69, 9.17) is 0 Å². The van der Waals surface area contributed by atoms with Crippen molar-refractivity contribution in [2.45, 2.75) is 33.6 Å². The van der Waals surface area contributed by atoms with E-state index in [2.05, 4.69) is 99.2 Å². The Balaban J connectivity index is 0.000000238. The van der Waals surface area contributed by atoms with Gasteiger partial charge in [0.2, 0.25) is 0 Å². The van der Waals surface area contributed by atoms with Crippen molar-refractivity contribution in [3.05, 3.63) is 127 Å². The molecule has 0 aromatic heterocycles. The SMILES string of the molecule is CCc1cc2ccccc2[cH-]1.CCc1cc2ccccc2[cH-]1.[CH2-]C.[SiH2]=[C-]c1ccccc1.[Zr+4]. The summed E-state index contributed by atoms with van der Waals surface area (Å²) in [6.45, 7) is 9.38. The molecule has 5 aromatic rings. The fourth-order valence-electron chi connectivity index (χ4n) is 3.39. The molecule has 0 fully saturated rings. The number of fused-ring (bicyclic) bond motifs is 2. The van der Waals surface area contributed by atoms with E-state index >= 15 is 0 Å². The van der Waals surface area contributed by atoms with Crippen molar-refractivity contribution in [1.29, 1.82) is 0 Å². The molecule has 0 heterocycles. The summed E-state index contributed by atoms with van der Waals surface area (Å²) in [5.41, 5.74) is 7.10. The molecule has 5 aromatic carbocycles. The van der Waals surface area contributed by atoms with Crippen molar-refractivity contribution in [3.8, 4) is 0 Å². The summed E-state index contributed by atoms with van der Waals surface area (Å²) in [7, 11) is 1.73. The van der Waals surface area contributed by atoms with Crippen LogP contribution in [-0.4, -0.2) is 15.5 Å². The molecule has 166 valence electrons. The zero-order chi connectivity index (χ0) is 23.2. The summed E-state index contributed by atoms with van der Waals surface area (Å²) >= 11 is 0. The Kier molecular flexibility index (Phi) is 14.4. The first-order valence-corrected chi connectivity index (χ1v) is 12.0. The van der Waals surface area contributed by atoms with Gasteiger partial charge < -0.3 is 6.92 Å². The predicted octanol–water partition coefficient (Wildman–Crippen LogP) is 7.43. The van der Waals surface area contributed by atoms with Crippen molar-refractivity contribution in [3.63, 3.8) is 0 Å². The summed E-state index contributed by atoms with van der Waals surface area (Å²) in [6, 6.07) is 36.1. The van der Waals surface area contributed by atoms with E-state index in [1.54, 1.807) is 16.8 Å². The van der Waals surface area contributed by atoms with E-state index < -0.39 is 0 Å². The van der Waals surface area contributed by atoms with Crippen LogP contribution in [-0.2, 0) is 39.0 Å². The summed E-state index contributed by atoms with van der Waals surface area (Å²) in [6.07, 6.45) is 2.27. The van der Waals surface area contributed by atoms with Crippen molar-refractivity contribution < 1.29 is 26.2 Å². The van der Waals surface area contributed by atoms with Crippen molar-refractivity contribution >= 4 is 37.1 Å². The molecule has 0 nitrogen and oxygen atoms in total. The first kappa shape index (κ1) is 28.9. The van der Waals surface area contributed by atoms with Crippen LogP contribution in [0.4, 0.5) is 0 Å². The minimum atomic E-state index is 0. The van der Waals surface area contributed by atoms with E-state index in [-0.39, 0.29) is 26.2 Å². The second-order valence-corrected chi connectivity index (χ2v) is 7.59. The normalized spacial score (nSPS) is 9.33. The molecule has 0 bridgehead atoms. The number of benzene rings is 3. The number of aryl methyl sites for hydroxylation is 2. The Morgan fingerprint density at radius 3 is 1.39 bits per heavy atom. The number of hydrogen-bond acceptors (Lipinski definition) is 0. The largest absolute Gasteiger partial charge is 4.00 e. The van der Waals surface area contributed by atoms with Gasteiger partial charge in [0.05, 0.1) is 0 Å². The van der Waals surface area contributed by atoms with Crippen LogP contribution < -0.4 is 0 Å². The van der Waals surface area contributed by atoms with E-state index in [9.17, 15) is 0 Å². The first-order valence-electron chi connectivity index (χ1n) is 11.3. The Hall–Kier alpha value is -2.15. The fraction of sp³-hybridized carbons (Fsp3) is 0.161. The van der Waals surface area contributed by atoms with Crippen LogP contribution in [0.3, 0.4) is 0 Å². The van der Waals surface area contributed by atoms with E-state index in [0.717, 1.165) is 12.8 Å². The fourth-order valence-corrected chi connectivity index (χ4v) is 3.63. The van der Waals surface area contributed by atoms with Crippen molar-refractivity contribution in [2.75, 3.05) is 0 Å². The van der Waals surface area contributed by atoms with Gasteiger partial charge in [-0.05, 0) is 12.8 Å². The summed E-state index contributed by atoms with van der Waals surface area (Å²) in [5.74, 6) is 0. The second kappa shape index (κ2) is 16.5. The van der Waals surface area contributed by atoms with Gasteiger partial charge in [-0.2, -0.15) is 42.4 Å². The smallest absolute Gasteiger partial charge is 0.346 e. The van der Waals surface area contributed by atoms with Crippen LogP contribution in [0.15, 0.2) is 103 Å². The third-order valence-corrected chi connectivity index (χ3v) is 5.56. The van der Waals surface area contributed by atoms with Gasteiger partial charge in [0.1, 0.15) is 0 Å². The van der Waals surface area contributed by atoms with Crippen molar-refractivity contribution in [1.82, 2.24) is 0 Å². The molecular weight excluding hydrogens is 492 g/mol. The van der Waals surface area contributed by atoms with Crippen LogP contribution in [0.25, 0.3) is 21.5 Å². The predicted molar refractivity (Wildman–Crippen MR) is 148 cm³/mol. The third-order valence-electron chi connectivity index (χ3n) is 5.15. The van der Waals surface area contributed by atoms with Crippen LogP contribution in [0.5, 0.6) is 0 Å². The number of hydrogen-bond donors (Lipinski definition) is 0. The summed E-state index contributed by atoms with van der Waals surface area (Å²) in [4.78, 5) is 0. The maximum Gasteiger partial charge on any atom is 4.00 e. The molecule has 0 spiro atoms. The molecule has 0 radical (unpaired) electrons. The molecule has 0 aliphatic rings. The quantitative estimate of drug-likeness (QED) is 0.170. The minimum Gasteiger partial charge on any atom is -0.346 e. The van der Waals surface area contributed by atoms with Crippen LogP contribution in [0, 0.1) is 6.92 Å². The van der Waals surface area contributed by atoms with Gasteiger partial charge in [-0.3, -0.25) is 0 Å². The average molecular weight is 526 g/mol. The molecule has 0 N–H and O–H groups in total. The standard InChI is InChI=1S/2C11H11.C7H7Si.C2H5.Zr/c2*1-2-9-7-10-5-3-4-6-11(10)8-9;8-6-7-4-2-1-3-5-7;1-2;/h2*3-8H,2H2,1H3;1-5H,8H2;1H2,2H3;/q4*-1;+4. The summed E-state index contributed by atoms with van der Waals surface area (Å²) < 4.78 is 0. The van der Waals surface area contributed by atoms with Gasteiger partial charge in [-0.1, -0.05) is 41.9 Å². The molecule has 0 unspecified atom stereocenters. The molecular formula is C31H34SiZr. The molecule has 0 aliphatic heterocycles. The maximum absolute atomic E-state index is 3.25.